The largest absolute Gasteiger partial charge is 0.461 e. The summed E-state index contributed by atoms with van der Waals surface area (Å²) in [5, 5.41) is 0. The predicted molar refractivity (Wildman–Crippen MR) is 64.9 cm³/mol. The molecule has 0 aromatic heterocycles. The van der Waals surface area contributed by atoms with Crippen molar-refractivity contribution < 1.29 is 9.53 Å². The van der Waals surface area contributed by atoms with E-state index >= 15 is 0 Å². The molecule has 94 valence electrons. The van der Waals surface area contributed by atoms with Crippen molar-refractivity contribution in [2.75, 3.05) is 0 Å². The van der Waals surface area contributed by atoms with Gasteiger partial charge in [-0.15, -0.1) is 0 Å². The molecule has 2 N–H and O–H groups in total. The van der Waals surface area contributed by atoms with Gasteiger partial charge in [0.25, 0.3) is 0 Å². The number of carbonyl (C=O) groups is 1. The summed E-state index contributed by atoms with van der Waals surface area (Å²) in [5.74, 6) is 0.650. The van der Waals surface area contributed by atoms with Gasteiger partial charge in [-0.1, -0.05) is 33.6 Å². The van der Waals surface area contributed by atoms with Gasteiger partial charge in [0, 0.05) is 0 Å². The first kappa shape index (κ1) is 13.5. The Balaban J connectivity index is 2.38. The van der Waals surface area contributed by atoms with Crippen LogP contribution in [0, 0.1) is 11.8 Å². The van der Waals surface area contributed by atoms with Crippen LogP contribution in [0.5, 0.6) is 0 Å². The maximum Gasteiger partial charge on any atom is 0.323 e. The van der Waals surface area contributed by atoms with Crippen LogP contribution in [0.4, 0.5) is 0 Å². The fourth-order valence-corrected chi connectivity index (χ4v) is 2.23. The maximum absolute atomic E-state index is 11.7. The number of hydrogen-bond acceptors (Lipinski definition) is 3. The zero-order valence-electron chi connectivity index (χ0n) is 10.7. The topological polar surface area (TPSA) is 52.3 Å². The molecular formula is C13H25NO2. The number of rotatable bonds is 4. The molecule has 0 aliphatic heterocycles. The number of esters is 1. The van der Waals surface area contributed by atoms with Crippen molar-refractivity contribution in [2.45, 2.75) is 65.0 Å². The molecule has 3 heteroatoms. The van der Waals surface area contributed by atoms with Crippen LogP contribution >= 0.6 is 0 Å². The van der Waals surface area contributed by atoms with Crippen molar-refractivity contribution in [2.24, 2.45) is 17.6 Å². The van der Waals surface area contributed by atoms with Crippen LogP contribution in [0.25, 0.3) is 0 Å². The second kappa shape index (κ2) is 6.24. The van der Waals surface area contributed by atoms with Crippen LogP contribution in [-0.2, 0) is 9.53 Å². The quantitative estimate of drug-likeness (QED) is 0.751. The summed E-state index contributed by atoms with van der Waals surface area (Å²) in [6.07, 6.45) is 5.77. The first-order valence-electron chi connectivity index (χ1n) is 6.50. The summed E-state index contributed by atoms with van der Waals surface area (Å²) in [4.78, 5) is 11.7. The molecule has 2 unspecified atom stereocenters. The zero-order chi connectivity index (χ0) is 12.1. The van der Waals surface area contributed by atoms with Crippen molar-refractivity contribution >= 4 is 5.97 Å². The fourth-order valence-electron chi connectivity index (χ4n) is 2.23. The Morgan fingerprint density at radius 1 is 1.44 bits per heavy atom. The van der Waals surface area contributed by atoms with Crippen LogP contribution in [0.3, 0.4) is 0 Å². The average molecular weight is 227 g/mol. The highest BCUT2D eigenvalue weighted by atomic mass is 16.5. The van der Waals surface area contributed by atoms with E-state index in [1.54, 1.807) is 0 Å². The standard InChI is InChI=1S/C13H25NO2/c1-4-10-6-5-7-11(8-10)16-13(15)12(14)9(2)3/h9-12H,4-8,14H2,1-3H3/t10?,11?,12-/m1/s1. The van der Waals surface area contributed by atoms with E-state index in [4.69, 9.17) is 10.5 Å². The molecule has 0 amide bonds. The number of hydrogen-bond donors (Lipinski definition) is 1. The van der Waals surface area contributed by atoms with Crippen LogP contribution in [0.2, 0.25) is 0 Å². The lowest BCUT2D eigenvalue weighted by molar-refractivity contribution is -0.154. The Kier molecular flexibility index (Phi) is 5.26. The van der Waals surface area contributed by atoms with Gasteiger partial charge in [0.05, 0.1) is 0 Å². The molecule has 3 atom stereocenters. The smallest absolute Gasteiger partial charge is 0.323 e. The number of ether oxygens (including phenoxy) is 1. The highest BCUT2D eigenvalue weighted by Crippen LogP contribution is 2.28. The van der Waals surface area contributed by atoms with E-state index in [0.29, 0.717) is 0 Å². The van der Waals surface area contributed by atoms with Crippen LogP contribution in [0.1, 0.15) is 52.9 Å². The minimum atomic E-state index is -0.470. The minimum absolute atomic E-state index is 0.107. The van der Waals surface area contributed by atoms with Crippen molar-refractivity contribution in [3.8, 4) is 0 Å². The SMILES string of the molecule is CCC1CCCC(OC(=O)[C@H](N)C(C)C)C1. The second-order valence-electron chi connectivity index (χ2n) is 5.27. The predicted octanol–water partition coefficient (Wildman–Crippen LogP) is 2.48. The number of nitrogens with two attached hydrogens (primary N) is 1. The van der Waals surface area contributed by atoms with Crippen LogP contribution < -0.4 is 5.73 Å². The van der Waals surface area contributed by atoms with Gasteiger partial charge in [0.1, 0.15) is 12.1 Å². The Hall–Kier alpha value is -0.570. The highest BCUT2D eigenvalue weighted by Gasteiger charge is 2.26. The lowest BCUT2D eigenvalue weighted by Gasteiger charge is -2.29. The van der Waals surface area contributed by atoms with Gasteiger partial charge in [-0.05, 0) is 31.1 Å². The minimum Gasteiger partial charge on any atom is -0.461 e. The highest BCUT2D eigenvalue weighted by molar-refractivity contribution is 5.75. The van der Waals surface area contributed by atoms with Crippen molar-refractivity contribution in [3.05, 3.63) is 0 Å². The zero-order valence-corrected chi connectivity index (χ0v) is 10.7. The average Bonchev–Trinajstić information content (AvgIpc) is 2.28. The molecular weight excluding hydrogens is 202 g/mol. The van der Waals surface area contributed by atoms with E-state index in [1.807, 2.05) is 13.8 Å². The molecule has 1 rings (SSSR count). The molecule has 0 heterocycles. The molecule has 1 aliphatic carbocycles. The molecule has 1 aliphatic rings. The van der Waals surface area contributed by atoms with E-state index in [-0.39, 0.29) is 18.0 Å². The van der Waals surface area contributed by atoms with Gasteiger partial charge >= 0.3 is 5.97 Å². The molecule has 0 spiro atoms. The van der Waals surface area contributed by atoms with E-state index in [0.717, 1.165) is 18.8 Å². The first-order valence-corrected chi connectivity index (χ1v) is 6.50. The molecule has 0 radical (unpaired) electrons. The maximum atomic E-state index is 11.7. The van der Waals surface area contributed by atoms with Gasteiger partial charge in [-0.3, -0.25) is 4.79 Å². The van der Waals surface area contributed by atoms with Gasteiger partial charge in [-0.2, -0.15) is 0 Å². The monoisotopic (exact) mass is 227 g/mol. The van der Waals surface area contributed by atoms with Crippen molar-refractivity contribution in [1.82, 2.24) is 0 Å². The summed E-state index contributed by atoms with van der Waals surface area (Å²) in [5.41, 5.74) is 5.77. The Bertz CT molecular complexity index is 228. The summed E-state index contributed by atoms with van der Waals surface area (Å²) < 4.78 is 5.48. The van der Waals surface area contributed by atoms with E-state index in [2.05, 4.69) is 6.92 Å². The van der Waals surface area contributed by atoms with Gasteiger partial charge in [0.15, 0.2) is 0 Å². The molecule has 0 bridgehead atoms. The third-order valence-electron chi connectivity index (χ3n) is 3.59. The summed E-state index contributed by atoms with van der Waals surface area (Å²) in [6.45, 7) is 6.10. The fraction of sp³-hybridized carbons (Fsp3) is 0.923. The van der Waals surface area contributed by atoms with Gasteiger partial charge < -0.3 is 10.5 Å². The molecule has 16 heavy (non-hydrogen) atoms. The summed E-state index contributed by atoms with van der Waals surface area (Å²) >= 11 is 0. The third kappa shape index (κ3) is 3.78. The van der Waals surface area contributed by atoms with Crippen molar-refractivity contribution in [1.29, 1.82) is 0 Å². The van der Waals surface area contributed by atoms with E-state index in [1.165, 1.54) is 19.3 Å². The normalized spacial score (nSPS) is 27.8. The molecule has 0 saturated heterocycles. The van der Waals surface area contributed by atoms with Gasteiger partial charge in [0.2, 0.25) is 0 Å². The lowest BCUT2D eigenvalue weighted by Crippen LogP contribution is -2.39. The Morgan fingerprint density at radius 3 is 2.69 bits per heavy atom. The second-order valence-corrected chi connectivity index (χ2v) is 5.27. The molecule has 0 aromatic rings. The Morgan fingerprint density at radius 2 is 2.12 bits per heavy atom. The summed E-state index contributed by atoms with van der Waals surface area (Å²) in [6, 6.07) is -0.470. The Labute approximate surface area is 98.7 Å². The third-order valence-corrected chi connectivity index (χ3v) is 3.59. The van der Waals surface area contributed by atoms with E-state index < -0.39 is 6.04 Å². The van der Waals surface area contributed by atoms with Crippen LogP contribution in [0.15, 0.2) is 0 Å². The lowest BCUT2D eigenvalue weighted by atomic mass is 9.85. The van der Waals surface area contributed by atoms with Crippen LogP contribution in [-0.4, -0.2) is 18.1 Å². The molecule has 3 nitrogen and oxygen atoms in total. The first-order chi connectivity index (χ1) is 7.54. The van der Waals surface area contributed by atoms with Gasteiger partial charge in [-0.25, -0.2) is 0 Å². The van der Waals surface area contributed by atoms with E-state index in [9.17, 15) is 4.79 Å². The van der Waals surface area contributed by atoms with Crippen molar-refractivity contribution in [3.63, 3.8) is 0 Å². The summed E-state index contributed by atoms with van der Waals surface area (Å²) in [7, 11) is 0. The number of carbonyl (C=O) groups excluding carboxylic acids is 1. The molecule has 0 aromatic carbocycles. The molecule has 1 fully saturated rings. The molecule has 1 saturated carbocycles.